The third kappa shape index (κ3) is 4.21. The molecule has 0 fully saturated rings. The highest BCUT2D eigenvalue weighted by atomic mass is 35.5. The third-order valence-electron chi connectivity index (χ3n) is 4.71. The highest BCUT2D eigenvalue weighted by molar-refractivity contribution is 7.13. The van der Waals surface area contributed by atoms with Crippen molar-refractivity contribution in [1.82, 2.24) is 19.9 Å². The molecule has 0 aliphatic carbocycles. The van der Waals surface area contributed by atoms with E-state index in [1.807, 2.05) is 30.5 Å². The summed E-state index contributed by atoms with van der Waals surface area (Å²) in [5.74, 6) is 0.932. The minimum absolute atomic E-state index is 0.00910. The van der Waals surface area contributed by atoms with Crippen LogP contribution in [0.25, 0.3) is 10.6 Å². The van der Waals surface area contributed by atoms with Gasteiger partial charge in [-0.25, -0.2) is 15.0 Å². The largest absolute Gasteiger partial charge is 0.293 e. The maximum absolute atomic E-state index is 5.98. The smallest absolute Gasteiger partial charge is 0.133 e. The SMILES string of the molecule is CC(C)(C)c1ncc2c(n1)CCN(Cc1csc(-c3ccc(Cl)cc3)n1)C2. The first-order valence-electron chi connectivity index (χ1n) is 9.16. The molecule has 0 N–H and O–H groups in total. The summed E-state index contributed by atoms with van der Waals surface area (Å²) >= 11 is 7.66. The molecule has 0 unspecified atom stereocenters. The van der Waals surface area contributed by atoms with Crippen LogP contribution in [0, 0.1) is 0 Å². The van der Waals surface area contributed by atoms with Crippen molar-refractivity contribution < 1.29 is 0 Å². The fourth-order valence-corrected chi connectivity index (χ4v) is 4.15. The van der Waals surface area contributed by atoms with Gasteiger partial charge in [-0.1, -0.05) is 44.5 Å². The molecular weight excluding hydrogens is 376 g/mol. The van der Waals surface area contributed by atoms with Gasteiger partial charge in [-0.3, -0.25) is 4.90 Å². The Balaban J connectivity index is 1.45. The van der Waals surface area contributed by atoms with Crippen LogP contribution in [0.3, 0.4) is 0 Å². The van der Waals surface area contributed by atoms with Gasteiger partial charge >= 0.3 is 0 Å². The monoisotopic (exact) mass is 398 g/mol. The zero-order chi connectivity index (χ0) is 19.0. The van der Waals surface area contributed by atoms with Gasteiger partial charge in [0.15, 0.2) is 0 Å². The molecule has 0 radical (unpaired) electrons. The van der Waals surface area contributed by atoms with E-state index in [-0.39, 0.29) is 5.41 Å². The fraction of sp³-hybridized carbons (Fsp3) is 0.381. The molecule has 0 saturated heterocycles. The molecule has 0 atom stereocenters. The summed E-state index contributed by atoms with van der Waals surface area (Å²) in [5, 5.41) is 3.94. The molecular formula is C21H23ClN4S. The molecule has 1 aliphatic rings. The van der Waals surface area contributed by atoms with Gasteiger partial charge in [0, 0.05) is 64.9 Å². The Kier molecular flexibility index (Phi) is 5.01. The Morgan fingerprint density at radius 1 is 1.15 bits per heavy atom. The summed E-state index contributed by atoms with van der Waals surface area (Å²) in [6.45, 7) is 9.21. The van der Waals surface area contributed by atoms with Crippen LogP contribution in [0.4, 0.5) is 0 Å². The molecule has 0 amide bonds. The average Bonchev–Trinajstić information content (AvgIpc) is 3.09. The quantitative estimate of drug-likeness (QED) is 0.614. The van der Waals surface area contributed by atoms with Gasteiger partial charge in [0.2, 0.25) is 0 Å². The lowest BCUT2D eigenvalue weighted by molar-refractivity contribution is 0.240. The summed E-state index contributed by atoms with van der Waals surface area (Å²) in [6, 6.07) is 7.86. The highest BCUT2D eigenvalue weighted by Crippen LogP contribution is 2.27. The van der Waals surface area contributed by atoms with E-state index >= 15 is 0 Å². The number of aromatic nitrogens is 3. The van der Waals surface area contributed by atoms with Crippen molar-refractivity contribution in [2.75, 3.05) is 6.54 Å². The molecule has 140 valence electrons. The maximum Gasteiger partial charge on any atom is 0.133 e. The molecule has 2 aromatic heterocycles. The second-order valence-electron chi connectivity index (χ2n) is 8.03. The first kappa shape index (κ1) is 18.5. The molecule has 1 aliphatic heterocycles. The summed E-state index contributed by atoms with van der Waals surface area (Å²) in [4.78, 5) is 16.6. The van der Waals surface area contributed by atoms with Gasteiger partial charge in [-0.05, 0) is 12.1 Å². The molecule has 27 heavy (non-hydrogen) atoms. The van der Waals surface area contributed by atoms with Gasteiger partial charge in [-0.15, -0.1) is 11.3 Å². The van der Waals surface area contributed by atoms with E-state index < -0.39 is 0 Å². The van der Waals surface area contributed by atoms with Crippen molar-refractivity contribution in [3.63, 3.8) is 0 Å². The third-order valence-corrected chi connectivity index (χ3v) is 5.90. The minimum Gasteiger partial charge on any atom is -0.293 e. The summed E-state index contributed by atoms with van der Waals surface area (Å²) in [7, 11) is 0. The molecule has 0 bridgehead atoms. The summed E-state index contributed by atoms with van der Waals surface area (Å²) in [6.07, 6.45) is 2.98. The van der Waals surface area contributed by atoms with Crippen LogP contribution in [0.15, 0.2) is 35.8 Å². The molecule has 0 saturated carbocycles. The normalized spacial score (nSPS) is 15.0. The number of thiazole rings is 1. The van der Waals surface area contributed by atoms with E-state index in [1.54, 1.807) is 11.3 Å². The van der Waals surface area contributed by atoms with Crippen LogP contribution in [0.5, 0.6) is 0 Å². The first-order chi connectivity index (χ1) is 12.9. The van der Waals surface area contributed by atoms with Crippen molar-refractivity contribution in [2.24, 2.45) is 0 Å². The standard InChI is InChI=1S/C21H23ClN4S/c1-21(2,3)20-23-10-15-11-26(9-8-18(15)25-20)12-17-13-27-19(24-17)14-4-6-16(22)7-5-14/h4-7,10,13H,8-9,11-12H2,1-3H3. The molecule has 1 aromatic carbocycles. The van der Waals surface area contributed by atoms with E-state index in [4.69, 9.17) is 21.6 Å². The van der Waals surface area contributed by atoms with Crippen LogP contribution in [-0.2, 0) is 24.9 Å². The lowest BCUT2D eigenvalue weighted by Gasteiger charge is -2.28. The van der Waals surface area contributed by atoms with Crippen LogP contribution >= 0.6 is 22.9 Å². The lowest BCUT2D eigenvalue weighted by atomic mass is 9.95. The van der Waals surface area contributed by atoms with Crippen LogP contribution < -0.4 is 0 Å². The van der Waals surface area contributed by atoms with Crippen LogP contribution in [0.1, 0.15) is 43.5 Å². The summed E-state index contributed by atoms with van der Waals surface area (Å²) in [5.41, 5.74) is 4.65. The Morgan fingerprint density at radius 2 is 1.93 bits per heavy atom. The predicted octanol–water partition coefficient (Wildman–Crippen LogP) is 5.11. The van der Waals surface area contributed by atoms with Crippen molar-refractivity contribution in [3.8, 4) is 10.6 Å². The molecule has 3 heterocycles. The molecule has 3 aromatic rings. The lowest BCUT2D eigenvalue weighted by Crippen LogP contribution is -2.32. The number of hydrogen-bond acceptors (Lipinski definition) is 5. The van der Waals surface area contributed by atoms with Gasteiger partial charge < -0.3 is 0 Å². The number of rotatable bonds is 3. The number of hydrogen-bond donors (Lipinski definition) is 0. The van der Waals surface area contributed by atoms with E-state index in [1.165, 1.54) is 11.3 Å². The van der Waals surface area contributed by atoms with E-state index in [9.17, 15) is 0 Å². The second kappa shape index (κ2) is 7.30. The maximum atomic E-state index is 5.98. The Hall–Kier alpha value is -1.82. The second-order valence-corrected chi connectivity index (χ2v) is 9.32. The predicted molar refractivity (Wildman–Crippen MR) is 111 cm³/mol. The topological polar surface area (TPSA) is 41.9 Å². The molecule has 6 heteroatoms. The highest BCUT2D eigenvalue weighted by Gasteiger charge is 2.23. The van der Waals surface area contributed by atoms with E-state index in [0.717, 1.165) is 53.2 Å². The summed E-state index contributed by atoms with van der Waals surface area (Å²) < 4.78 is 0. The molecule has 4 rings (SSSR count). The van der Waals surface area contributed by atoms with E-state index in [0.29, 0.717) is 0 Å². The van der Waals surface area contributed by atoms with Crippen LogP contribution in [0.2, 0.25) is 5.02 Å². The zero-order valence-electron chi connectivity index (χ0n) is 15.9. The number of nitrogens with zero attached hydrogens (tertiary/aromatic N) is 4. The van der Waals surface area contributed by atoms with Crippen molar-refractivity contribution in [2.45, 2.75) is 45.7 Å². The zero-order valence-corrected chi connectivity index (χ0v) is 17.4. The van der Waals surface area contributed by atoms with Gasteiger partial charge in [-0.2, -0.15) is 0 Å². The molecule has 0 spiro atoms. The number of fused-ring (bicyclic) bond motifs is 1. The number of benzene rings is 1. The van der Waals surface area contributed by atoms with Crippen LogP contribution in [-0.4, -0.2) is 26.4 Å². The average molecular weight is 399 g/mol. The van der Waals surface area contributed by atoms with E-state index in [2.05, 4.69) is 36.0 Å². The van der Waals surface area contributed by atoms with Gasteiger partial charge in [0.25, 0.3) is 0 Å². The Morgan fingerprint density at radius 3 is 2.67 bits per heavy atom. The van der Waals surface area contributed by atoms with Crippen molar-refractivity contribution in [1.29, 1.82) is 0 Å². The first-order valence-corrected chi connectivity index (χ1v) is 10.4. The minimum atomic E-state index is -0.00910. The number of halogens is 1. The molecule has 4 nitrogen and oxygen atoms in total. The Bertz CT molecular complexity index is 944. The Labute approximate surface area is 169 Å². The fourth-order valence-electron chi connectivity index (χ4n) is 3.20. The van der Waals surface area contributed by atoms with Gasteiger partial charge in [0.05, 0.1) is 5.69 Å². The van der Waals surface area contributed by atoms with Crippen molar-refractivity contribution in [3.05, 3.63) is 63.6 Å². The van der Waals surface area contributed by atoms with Crippen molar-refractivity contribution >= 4 is 22.9 Å². The van der Waals surface area contributed by atoms with Gasteiger partial charge in [0.1, 0.15) is 10.8 Å².